The van der Waals surface area contributed by atoms with E-state index in [0.717, 1.165) is 0 Å². The molecule has 0 aliphatic carbocycles. The molecule has 1 aromatic heterocycles. The first kappa shape index (κ1) is 10.5. The SMILES string of the molecule is NC(=O)c1ncn(C[C@H](O)CO)c1N. The lowest BCUT2D eigenvalue weighted by atomic mass is 10.3. The van der Waals surface area contributed by atoms with Gasteiger partial charge in [0.05, 0.1) is 25.6 Å². The minimum Gasteiger partial charge on any atom is -0.394 e. The number of hydrogen-bond acceptors (Lipinski definition) is 5. The van der Waals surface area contributed by atoms with Crippen LogP contribution in [0, 0.1) is 0 Å². The summed E-state index contributed by atoms with van der Waals surface area (Å²) in [5, 5.41) is 17.7. The largest absolute Gasteiger partial charge is 0.394 e. The van der Waals surface area contributed by atoms with Crippen molar-refractivity contribution in [3.05, 3.63) is 12.0 Å². The molecule has 0 unspecified atom stereocenters. The second kappa shape index (κ2) is 4.07. The number of carbonyl (C=O) groups is 1. The highest BCUT2D eigenvalue weighted by Crippen LogP contribution is 2.09. The summed E-state index contributed by atoms with van der Waals surface area (Å²) in [6.45, 7) is -0.313. The number of aromatic nitrogens is 2. The fraction of sp³-hybridized carbons (Fsp3) is 0.429. The minimum absolute atomic E-state index is 0.0323. The normalized spacial score (nSPS) is 12.7. The Bertz CT molecular complexity index is 336. The zero-order valence-corrected chi connectivity index (χ0v) is 7.42. The second-order valence-electron chi connectivity index (χ2n) is 2.83. The summed E-state index contributed by atoms with van der Waals surface area (Å²) < 4.78 is 1.35. The lowest BCUT2D eigenvalue weighted by molar-refractivity contribution is 0.0816. The van der Waals surface area contributed by atoms with Gasteiger partial charge in [-0.05, 0) is 0 Å². The molecule has 1 amide bonds. The number of nitrogens with two attached hydrogens (primary N) is 2. The molecule has 0 fully saturated rings. The molecule has 1 rings (SSSR count). The number of aliphatic hydroxyl groups is 2. The van der Waals surface area contributed by atoms with Crippen LogP contribution in [0.1, 0.15) is 10.5 Å². The van der Waals surface area contributed by atoms with Crippen molar-refractivity contribution >= 4 is 11.7 Å². The molecule has 0 aromatic carbocycles. The molecule has 1 atom stereocenters. The molecule has 7 nitrogen and oxygen atoms in total. The standard InChI is InChI=1S/C7H12N4O3/c8-6-5(7(9)14)10-3-11(6)1-4(13)2-12/h3-4,12-13H,1-2,8H2,(H2,9,14)/t4-/m0/s1. The van der Waals surface area contributed by atoms with E-state index >= 15 is 0 Å². The van der Waals surface area contributed by atoms with E-state index < -0.39 is 12.0 Å². The molecule has 0 saturated heterocycles. The lowest BCUT2D eigenvalue weighted by Crippen LogP contribution is -2.21. The van der Waals surface area contributed by atoms with Crippen molar-refractivity contribution in [2.45, 2.75) is 12.6 Å². The Labute approximate surface area is 80.0 Å². The molecule has 0 spiro atoms. The van der Waals surface area contributed by atoms with Crippen LogP contribution in [-0.4, -0.2) is 38.4 Å². The third-order valence-corrected chi connectivity index (χ3v) is 1.73. The van der Waals surface area contributed by atoms with Crippen molar-refractivity contribution in [1.29, 1.82) is 0 Å². The van der Waals surface area contributed by atoms with Crippen LogP contribution in [-0.2, 0) is 6.54 Å². The van der Waals surface area contributed by atoms with Gasteiger partial charge in [-0.1, -0.05) is 0 Å². The minimum atomic E-state index is -0.938. The summed E-state index contributed by atoms with van der Waals surface area (Å²) in [5.74, 6) is -0.635. The summed E-state index contributed by atoms with van der Waals surface area (Å²) in [4.78, 5) is 14.4. The molecule has 1 heterocycles. The van der Waals surface area contributed by atoms with Gasteiger partial charge in [-0.2, -0.15) is 0 Å². The highest BCUT2D eigenvalue weighted by atomic mass is 16.3. The zero-order chi connectivity index (χ0) is 10.7. The lowest BCUT2D eigenvalue weighted by Gasteiger charge is -2.08. The Balaban J connectivity index is 2.84. The van der Waals surface area contributed by atoms with Crippen LogP contribution in [0.4, 0.5) is 5.82 Å². The van der Waals surface area contributed by atoms with Crippen molar-refractivity contribution in [3.63, 3.8) is 0 Å². The third kappa shape index (κ3) is 2.01. The van der Waals surface area contributed by atoms with Crippen molar-refractivity contribution < 1.29 is 15.0 Å². The molecule has 0 aliphatic rings. The molecule has 78 valence electrons. The summed E-state index contributed by atoms with van der Waals surface area (Å²) in [7, 11) is 0. The van der Waals surface area contributed by atoms with Gasteiger partial charge in [-0.25, -0.2) is 4.98 Å². The van der Waals surface area contributed by atoms with Gasteiger partial charge >= 0.3 is 0 Å². The van der Waals surface area contributed by atoms with Gasteiger partial charge in [0.2, 0.25) is 0 Å². The van der Waals surface area contributed by atoms with Crippen LogP contribution in [0.2, 0.25) is 0 Å². The van der Waals surface area contributed by atoms with Gasteiger partial charge in [0, 0.05) is 0 Å². The Morgan fingerprint density at radius 3 is 2.79 bits per heavy atom. The molecule has 7 heteroatoms. The maximum atomic E-state index is 10.7. The van der Waals surface area contributed by atoms with E-state index in [1.807, 2.05) is 0 Å². The van der Waals surface area contributed by atoms with Gasteiger partial charge < -0.3 is 26.2 Å². The van der Waals surface area contributed by atoms with Gasteiger partial charge in [-0.15, -0.1) is 0 Å². The van der Waals surface area contributed by atoms with E-state index in [0.29, 0.717) is 0 Å². The van der Waals surface area contributed by atoms with Crippen LogP contribution in [0.5, 0.6) is 0 Å². The number of carbonyl (C=O) groups excluding carboxylic acids is 1. The van der Waals surface area contributed by atoms with Crippen LogP contribution < -0.4 is 11.5 Å². The summed E-state index contributed by atoms with van der Waals surface area (Å²) in [6.07, 6.45) is 0.348. The number of amides is 1. The van der Waals surface area contributed by atoms with E-state index in [4.69, 9.17) is 21.7 Å². The predicted octanol–water partition coefficient (Wildman–Crippen LogP) is -2.08. The van der Waals surface area contributed by atoms with E-state index in [2.05, 4.69) is 4.98 Å². The van der Waals surface area contributed by atoms with Crippen molar-refractivity contribution in [3.8, 4) is 0 Å². The van der Waals surface area contributed by atoms with E-state index in [1.165, 1.54) is 10.9 Å². The summed E-state index contributed by atoms with van der Waals surface area (Å²) in [6, 6.07) is 0. The molecule has 14 heavy (non-hydrogen) atoms. The Kier molecular flexibility index (Phi) is 3.05. The summed E-state index contributed by atoms with van der Waals surface area (Å²) >= 11 is 0. The topological polar surface area (TPSA) is 127 Å². The fourth-order valence-electron chi connectivity index (χ4n) is 1.01. The maximum absolute atomic E-state index is 10.7. The third-order valence-electron chi connectivity index (χ3n) is 1.73. The first-order valence-electron chi connectivity index (χ1n) is 3.95. The molecule has 6 N–H and O–H groups in total. The Morgan fingerprint density at radius 2 is 2.36 bits per heavy atom. The molecular weight excluding hydrogens is 188 g/mol. The Morgan fingerprint density at radius 1 is 1.71 bits per heavy atom. The van der Waals surface area contributed by atoms with E-state index in [1.54, 1.807) is 0 Å². The number of primary amides is 1. The molecule has 0 radical (unpaired) electrons. The highest BCUT2D eigenvalue weighted by molar-refractivity contribution is 5.95. The van der Waals surface area contributed by atoms with E-state index in [-0.39, 0.29) is 24.7 Å². The van der Waals surface area contributed by atoms with E-state index in [9.17, 15) is 4.79 Å². The second-order valence-corrected chi connectivity index (χ2v) is 2.83. The maximum Gasteiger partial charge on any atom is 0.271 e. The monoisotopic (exact) mass is 200 g/mol. The van der Waals surface area contributed by atoms with Crippen LogP contribution in [0.3, 0.4) is 0 Å². The van der Waals surface area contributed by atoms with Gasteiger partial charge in [0.25, 0.3) is 5.91 Å². The average Bonchev–Trinajstić information content (AvgIpc) is 2.48. The van der Waals surface area contributed by atoms with Gasteiger partial charge in [0.15, 0.2) is 5.69 Å². The van der Waals surface area contributed by atoms with Crippen LogP contribution in [0.15, 0.2) is 6.33 Å². The number of hydrogen-bond donors (Lipinski definition) is 4. The van der Waals surface area contributed by atoms with Crippen molar-refractivity contribution in [1.82, 2.24) is 9.55 Å². The molecule has 0 bridgehead atoms. The van der Waals surface area contributed by atoms with Gasteiger partial charge in [-0.3, -0.25) is 4.79 Å². The molecule has 0 aliphatic heterocycles. The first-order chi connectivity index (χ1) is 6.56. The molecular formula is C7H12N4O3. The van der Waals surface area contributed by atoms with Crippen molar-refractivity contribution in [2.75, 3.05) is 12.3 Å². The molecule has 1 aromatic rings. The van der Waals surface area contributed by atoms with Crippen LogP contribution >= 0.6 is 0 Å². The number of nitrogen functional groups attached to an aromatic ring is 1. The molecule has 0 saturated carbocycles. The zero-order valence-electron chi connectivity index (χ0n) is 7.42. The number of anilines is 1. The average molecular weight is 200 g/mol. The van der Waals surface area contributed by atoms with Crippen LogP contribution in [0.25, 0.3) is 0 Å². The van der Waals surface area contributed by atoms with Crippen molar-refractivity contribution in [2.24, 2.45) is 5.73 Å². The summed E-state index contributed by atoms with van der Waals surface area (Å²) in [5.41, 5.74) is 10.5. The Hall–Kier alpha value is -1.60. The number of nitrogens with zero attached hydrogens (tertiary/aromatic N) is 2. The smallest absolute Gasteiger partial charge is 0.271 e. The first-order valence-corrected chi connectivity index (χ1v) is 3.95. The quantitative estimate of drug-likeness (QED) is 0.443. The predicted molar refractivity (Wildman–Crippen MR) is 48.2 cm³/mol. The highest BCUT2D eigenvalue weighted by Gasteiger charge is 2.14. The van der Waals surface area contributed by atoms with Gasteiger partial charge in [0.1, 0.15) is 5.82 Å². The number of rotatable bonds is 4. The fourth-order valence-corrected chi connectivity index (χ4v) is 1.01. The number of imidazole rings is 1. The number of aliphatic hydroxyl groups excluding tert-OH is 2.